The Balaban J connectivity index is 0.000000188. The summed E-state index contributed by atoms with van der Waals surface area (Å²) in [6, 6.07) is 14.5. The third-order valence-electron chi connectivity index (χ3n) is 25.7. The number of aliphatic hydroxyl groups is 2. The molecule has 0 spiro atoms. The Hall–Kier alpha value is -12.9. The lowest BCUT2D eigenvalue weighted by molar-refractivity contribution is -0.144. The molecule has 812 valence electrons. The summed E-state index contributed by atoms with van der Waals surface area (Å²) in [7, 11) is 4.78. The van der Waals surface area contributed by atoms with Crippen molar-refractivity contribution in [1.82, 2.24) is 77.5 Å². The highest BCUT2D eigenvalue weighted by atomic mass is 16.6. The van der Waals surface area contributed by atoms with E-state index >= 15 is 0 Å². The second kappa shape index (κ2) is 49.0. The van der Waals surface area contributed by atoms with Crippen LogP contribution >= 0.6 is 0 Å². The largest absolute Gasteiger partial charge is 0.497 e. The first-order chi connectivity index (χ1) is 69.3. The lowest BCUT2D eigenvalue weighted by Crippen LogP contribution is -2.61. The van der Waals surface area contributed by atoms with Crippen LogP contribution in [0.2, 0.25) is 0 Å². The second-order valence-electron chi connectivity index (χ2n) is 46.3. The van der Waals surface area contributed by atoms with Crippen LogP contribution in [0.15, 0.2) is 91.4 Å². The molecule has 0 bridgehead atoms. The van der Waals surface area contributed by atoms with Gasteiger partial charge in [0.25, 0.3) is 17.7 Å². The Labute approximate surface area is 864 Å². The van der Waals surface area contributed by atoms with Gasteiger partial charge < -0.3 is 117 Å². The van der Waals surface area contributed by atoms with Crippen LogP contribution in [0.3, 0.4) is 0 Å². The van der Waals surface area contributed by atoms with Gasteiger partial charge in [-0.05, 0) is 258 Å². The van der Waals surface area contributed by atoms with Crippen LogP contribution in [0.1, 0.15) is 240 Å². The molecule has 148 heavy (non-hydrogen) atoms. The number of pyridine rings is 3. The number of carboxylic acid groups (broad SMARTS) is 2. The van der Waals surface area contributed by atoms with Crippen molar-refractivity contribution < 1.29 is 121 Å². The molecular weight excluding hydrogens is 1910 g/mol. The minimum atomic E-state index is -1.37. The van der Waals surface area contributed by atoms with Crippen molar-refractivity contribution in [3.05, 3.63) is 91.4 Å². The number of ether oxygens (including phenoxy) is 8. The molecule has 12 amide bonds. The maximum Gasteiger partial charge on any atom is 0.411 e. The van der Waals surface area contributed by atoms with E-state index in [9.17, 15) is 77.6 Å². The molecule has 15 N–H and O–H groups in total. The van der Waals surface area contributed by atoms with Crippen molar-refractivity contribution in [3.8, 4) is 34.9 Å². The number of fused-ring (bicyclic) bond motifs is 3. The maximum atomic E-state index is 14.4. The van der Waals surface area contributed by atoms with E-state index in [0.29, 0.717) is 65.6 Å². The van der Waals surface area contributed by atoms with E-state index in [1.165, 1.54) is 27.5 Å². The molecule has 6 heterocycles. The lowest BCUT2D eigenvalue weighted by Gasteiger charge is -2.36. The van der Waals surface area contributed by atoms with Gasteiger partial charge in [0.1, 0.15) is 83.1 Å². The molecule has 3 aliphatic heterocycles. The third kappa shape index (κ3) is 35.4. The number of urea groups is 2. The molecule has 15 rings (SSSR count). The van der Waals surface area contributed by atoms with Crippen LogP contribution in [0, 0.1) is 28.6 Å². The Kier molecular flexibility index (Phi) is 38.2. The summed E-state index contributed by atoms with van der Waals surface area (Å²) in [6.07, 6.45) is 13.3. The van der Waals surface area contributed by atoms with Crippen molar-refractivity contribution in [2.45, 2.75) is 359 Å². The number of methoxy groups -OCH3 is 3. The van der Waals surface area contributed by atoms with Crippen LogP contribution in [0.25, 0.3) is 32.3 Å². The number of carbonyl (C=O) groups is 13. The van der Waals surface area contributed by atoms with Gasteiger partial charge in [-0.15, -0.1) is 0 Å². The molecule has 3 aromatic carbocycles. The number of aromatic nitrogens is 3. The number of carbonyl (C=O) groups excluding carboxylic acids is 11. The van der Waals surface area contributed by atoms with Crippen molar-refractivity contribution in [2.75, 3.05) is 41.0 Å². The van der Waals surface area contributed by atoms with Gasteiger partial charge in [0.05, 0.1) is 53.0 Å². The van der Waals surface area contributed by atoms with Gasteiger partial charge in [0, 0.05) is 89.3 Å². The summed E-state index contributed by atoms with van der Waals surface area (Å²) in [6.45, 7) is 32.6. The number of carboxylic acids is 2. The van der Waals surface area contributed by atoms with E-state index in [0.717, 1.165) is 103 Å². The maximum absolute atomic E-state index is 14.4. The molecule has 6 saturated carbocycles. The van der Waals surface area contributed by atoms with Gasteiger partial charge in [-0.2, -0.15) is 0 Å². The van der Waals surface area contributed by atoms with E-state index in [4.69, 9.17) is 48.7 Å². The van der Waals surface area contributed by atoms with Crippen molar-refractivity contribution in [1.29, 1.82) is 0 Å². The van der Waals surface area contributed by atoms with Crippen LogP contribution in [-0.4, -0.2) is 288 Å². The van der Waals surface area contributed by atoms with Crippen molar-refractivity contribution in [3.63, 3.8) is 0 Å². The minimum Gasteiger partial charge on any atom is -0.497 e. The number of likely N-dealkylation sites (tertiary alicyclic amines) is 3. The molecule has 3 aromatic heterocycles. The number of ketones is 1. The number of nitrogens with one attached hydrogen (secondary N) is 9. The van der Waals surface area contributed by atoms with Gasteiger partial charge in [-0.3, -0.25) is 43.4 Å². The van der Waals surface area contributed by atoms with E-state index in [1.807, 2.05) is 123 Å². The molecule has 0 radical (unpaired) electrons. The molecule has 41 nitrogen and oxygen atoms in total. The Bertz CT molecular complexity index is 5700. The number of aliphatic carboxylic acids is 2. The predicted octanol–water partition coefficient (Wildman–Crippen LogP) is 10.6. The number of hydrogen-bond donors (Lipinski definition) is 14. The fourth-order valence-corrected chi connectivity index (χ4v) is 17.0. The Morgan fingerprint density at radius 3 is 1.14 bits per heavy atom. The standard InChI is InChI=1S/C36H50N6O7.C30H40N4O7.C20H24N2O6.C11H22N2O3.C10H18N2O2/c1-35(2,3)29(40-34(47)41-36(4,5)6)33(46)42-19-24(49-32-25-13-12-23(48-7)17-21(25)14-15-37-32)18-27(42)30(44)39-26(16-20-8-9-20)28(43)31(45)38-22-10-11-22;1-30(2,3)41-29(38)34-16-21(40-28-22-10-9-20(39-4)14-18(22)11-12-31-28)15-24(34)26(36)33-23(13-17-5-6-17)25(35)27(37)32-19-7-8-19;1-20(2,3)28-19(25)22-11-14(10-16(22)18(23)24)27-17-15-6-5-13(26-4)9-12(15)7-8-21-17;1-10(2,3)7(8(14)15)12-9(16)13-11(4,5)6;11-8(5-6-1-2-6)9(13)10(14)12-7-3-4-7/h12-15,17,20,22,24,26-27,29H,8-11,16,18-19H2,1-7H3,(H,38,45)(H,39,44)(H2,40,41,47);9-12,14,17,19,21,23-25,35H,5-8,13,15-16H2,1-4H3,(H,32,37)(H,33,36);5-9,14,16H,10-11H2,1-4H3,(H,23,24);7H,1-6H3,(H,14,15)(H2,12,13,16);6-9,13H,1-5,11H2,(H,12,14)/t24-,26+,27?,29-;21-,23+,24?,25?;14-,16+;7-;8-,9?/m11110/s1. The molecule has 6 aliphatic carbocycles. The van der Waals surface area contributed by atoms with E-state index in [-0.39, 0.29) is 74.4 Å². The second-order valence-corrected chi connectivity index (χ2v) is 46.3. The van der Waals surface area contributed by atoms with E-state index in [1.54, 1.807) is 114 Å². The fourth-order valence-electron chi connectivity index (χ4n) is 17.0. The zero-order valence-electron chi connectivity index (χ0n) is 89.1. The first kappa shape index (κ1) is 115. The zero-order chi connectivity index (χ0) is 109. The highest BCUT2D eigenvalue weighted by molar-refractivity contribution is 6.38. The van der Waals surface area contributed by atoms with Crippen molar-refractivity contribution in [2.24, 2.45) is 34.3 Å². The van der Waals surface area contributed by atoms with Gasteiger partial charge in [0.2, 0.25) is 41.1 Å². The summed E-state index contributed by atoms with van der Waals surface area (Å²) < 4.78 is 45.5. The molecule has 3 saturated heterocycles. The normalized spacial score (nSPS) is 20.6. The number of hydrogen-bond acceptors (Lipinski definition) is 27. The zero-order valence-corrected chi connectivity index (χ0v) is 89.1. The summed E-state index contributed by atoms with van der Waals surface area (Å²) in [5.74, 6) is -1.29. The smallest absolute Gasteiger partial charge is 0.411 e. The quantitative estimate of drug-likeness (QED) is 0.0170. The fraction of sp³-hybridized carbons (Fsp3) is 0.626. The average Bonchev–Trinajstić information content (AvgIpc) is 1.54. The Morgan fingerprint density at radius 2 is 0.770 bits per heavy atom. The monoisotopic (exact) mass is 2060 g/mol. The van der Waals surface area contributed by atoms with E-state index < -0.39 is 172 Å². The molecule has 6 aromatic rings. The topological polar surface area (TPSA) is 559 Å². The van der Waals surface area contributed by atoms with Gasteiger partial charge in [0.15, 0.2) is 6.10 Å². The number of nitrogens with zero attached hydrogens (tertiary/aromatic N) is 6. The molecule has 9 fully saturated rings. The molecule has 41 heteroatoms. The minimum absolute atomic E-state index is 0.00402. The summed E-state index contributed by atoms with van der Waals surface area (Å²) in [5, 5.41) is 68.7. The predicted molar refractivity (Wildman–Crippen MR) is 550 cm³/mol. The van der Waals surface area contributed by atoms with Crippen LogP contribution in [-0.2, 0) is 52.6 Å². The SMILES string of the molecule is CC(C)(C)NC(=O)N[C@H](C(=O)O)C(C)(C)C.COc1ccc2c(O[C@@H]3CC(C(=O)N[C@@H](CC4CC4)C(=O)C(=O)NC4CC4)N(C(=O)[C@@H](NC(=O)NC(C)(C)C)C(C)(C)C)C3)nccc2c1.COc1ccc2c(O[C@@H]3CC(C(=O)N[C@@H](CC4CC4)C(O)C(=O)NC4CC4)N(C(=O)OC(C)(C)C)C3)nccc2c1.COc1ccc2c(O[C@@H]3C[C@@H](C(=O)O)N(C(=O)OC(C)(C)C)C3)nccc2c1.N[C@@H](CC1CC1)C(O)C(=O)NC1CC1. The highest BCUT2D eigenvalue weighted by Crippen LogP contribution is 2.41. The van der Waals surface area contributed by atoms with Gasteiger partial charge in [-0.1, -0.05) is 80.1 Å². The number of benzene rings is 3. The summed E-state index contributed by atoms with van der Waals surface area (Å²) in [4.78, 5) is 182. The van der Waals surface area contributed by atoms with Gasteiger partial charge in [-0.25, -0.2) is 43.7 Å². The highest BCUT2D eigenvalue weighted by Gasteiger charge is 2.51. The molecule has 4 unspecified atom stereocenters. The van der Waals surface area contributed by atoms with Crippen molar-refractivity contribution >= 4 is 110 Å². The lowest BCUT2D eigenvalue weighted by atomic mass is 9.85. The van der Waals surface area contributed by atoms with Crippen LogP contribution in [0.5, 0.6) is 34.9 Å². The average molecular weight is 2060 g/mol. The summed E-state index contributed by atoms with van der Waals surface area (Å²) in [5.41, 5.74) is 2.08. The Morgan fingerprint density at radius 1 is 0.419 bits per heavy atom. The van der Waals surface area contributed by atoms with E-state index in [2.05, 4.69) is 62.8 Å². The number of amides is 12. The third-order valence-corrected chi connectivity index (χ3v) is 25.7. The number of rotatable bonds is 33. The number of Topliss-reactive ketones (excluding diaryl/α,β-unsaturated/α-hetero) is 1. The number of nitrogens with two attached hydrogens (primary N) is 1. The number of aliphatic hydroxyl groups excluding tert-OH is 2. The van der Waals surface area contributed by atoms with Crippen LogP contribution in [0.4, 0.5) is 19.2 Å². The first-order valence-electron chi connectivity index (χ1n) is 51.2. The summed E-state index contributed by atoms with van der Waals surface area (Å²) >= 11 is 0. The van der Waals surface area contributed by atoms with Gasteiger partial charge >= 0.3 is 36.2 Å². The molecule has 9 aliphatic rings. The first-order valence-corrected chi connectivity index (χ1v) is 51.2. The van der Waals surface area contributed by atoms with Crippen LogP contribution < -0.4 is 82.0 Å². The molecular formula is C107H154N16O25. The molecule has 13 atom stereocenters.